The van der Waals surface area contributed by atoms with Crippen molar-refractivity contribution in [2.24, 2.45) is 5.92 Å². The first-order chi connectivity index (χ1) is 7.72. The molecular weight excluding hydrogens is 202 g/mol. The van der Waals surface area contributed by atoms with E-state index in [4.69, 9.17) is 11.5 Å². The zero-order chi connectivity index (χ0) is 11.8. The highest BCUT2D eigenvalue weighted by Crippen LogP contribution is 2.21. The predicted molar refractivity (Wildman–Crippen MR) is 64.1 cm³/mol. The molecule has 0 atom stereocenters. The van der Waals surface area contributed by atoms with Gasteiger partial charge in [0.05, 0.1) is 0 Å². The Labute approximate surface area is 97.8 Å². The number of likely N-dealkylation sites (tertiary alicyclic amines) is 1. The van der Waals surface area contributed by atoms with Crippen LogP contribution in [0, 0.1) is 18.3 Å². The van der Waals surface area contributed by atoms with Gasteiger partial charge in [-0.05, 0) is 51.2 Å². The molecule has 1 saturated heterocycles. The van der Waals surface area contributed by atoms with Crippen LogP contribution in [-0.4, -0.2) is 35.6 Å². The zero-order valence-electron chi connectivity index (χ0n) is 9.82. The minimum Gasteiger partial charge on any atom is -0.481 e. The molecule has 0 amide bonds. The van der Waals surface area contributed by atoms with Crippen molar-refractivity contribution in [3.8, 4) is 12.3 Å². The highest BCUT2D eigenvalue weighted by molar-refractivity contribution is 5.66. The number of hydrogen-bond acceptors (Lipinski definition) is 2. The van der Waals surface area contributed by atoms with E-state index in [9.17, 15) is 4.79 Å². The van der Waals surface area contributed by atoms with E-state index in [-0.39, 0.29) is 0 Å². The van der Waals surface area contributed by atoms with Gasteiger partial charge in [-0.2, -0.15) is 0 Å². The van der Waals surface area contributed by atoms with E-state index in [1.54, 1.807) is 0 Å². The fraction of sp³-hybridized carbons (Fsp3) is 0.769. The summed E-state index contributed by atoms with van der Waals surface area (Å²) in [5, 5.41) is 8.61. The number of hydrogen-bond donors (Lipinski definition) is 1. The van der Waals surface area contributed by atoms with Crippen LogP contribution in [0.1, 0.15) is 38.5 Å². The van der Waals surface area contributed by atoms with Gasteiger partial charge in [0.1, 0.15) is 0 Å². The van der Waals surface area contributed by atoms with E-state index in [1.807, 2.05) is 0 Å². The second-order valence-electron chi connectivity index (χ2n) is 4.53. The fourth-order valence-corrected chi connectivity index (χ4v) is 2.23. The standard InChI is InChI=1S/C13H21NO2/c1-2-3-4-9-14-10-7-12(8-11-14)5-6-13(15)16/h1,12H,3-11H2,(H,15,16). The molecule has 3 heteroatoms. The molecule has 1 fully saturated rings. The van der Waals surface area contributed by atoms with Gasteiger partial charge >= 0.3 is 5.97 Å². The van der Waals surface area contributed by atoms with Crippen molar-refractivity contribution in [1.82, 2.24) is 4.90 Å². The minimum absolute atomic E-state index is 0.321. The largest absolute Gasteiger partial charge is 0.481 e. The van der Waals surface area contributed by atoms with Gasteiger partial charge in [-0.3, -0.25) is 4.79 Å². The lowest BCUT2D eigenvalue weighted by Gasteiger charge is -2.31. The summed E-state index contributed by atoms with van der Waals surface area (Å²) in [7, 11) is 0. The van der Waals surface area contributed by atoms with Crippen LogP contribution < -0.4 is 0 Å². The molecule has 1 heterocycles. The van der Waals surface area contributed by atoms with Crippen LogP contribution in [0.4, 0.5) is 0 Å². The van der Waals surface area contributed by atoms with Crippen molar-refractivity contribution in [2.75, 3.05) is 19.6 Å². The molecule has 0 saturated carbocycles. The Morgan fingerprint density at radius 1 is 1.44 bits per heavy atom. The molecule has 0 bridgehead atoms. The van der Waals surface area contributed by atoms with Crippen LogP contribution >= 0.6 is 0 Å². The number of nitrogens with zero attached hydrogens (tertiary/aromatic N) is 1. The minimum atomic E-state index is -0.670. The van der Waals surface area contributed by atoms with Crippen molar-refractivity contribution in [3.05, 3.63) is 0 Å². The van der Waals surface area contributed by atoms with Gasteiger partial charge in [-0.25, -0.2) is 0 Å². The third-order valence-corrected chi connectivity index (χ3v) is 3.27. The highest BCUT2D eigenvalue weighted by Gasteiger charge is 2.19. The van der Waals surface area contributed by atoms with E-state index in [0.29, 0.717) is 12.3 Å². The van der Waals surface area contributed by atoms with Crippen LogP contribution in [0.3, 0.4) is 0 Å². The number of rotatable bonds is 6. The Morgan fingerprint density at radius 3 is 2.69 bits per heavy atom. The lowest BCUT2D eigenvalue weighted by Crippen LogP contribution is -2.34. The molecule has 0 radical (unpaired) electrons. The van der Waals surface area contributed by atoms with E-state index in [0.717, 1.165) is 51.7 Å². The number of unbranched alkanes of at least 4 members (excludes halogenated alkanes) is 1. The molecule has 1 aliphatic heterocycles. The molecular formula is C13H21NO2. The van der Waals surface area contributed by atoms with Crippen LogP contribution in [0.5, 0.6) is 0 Å². The Bertz CT molecular complexity index is 249. The summed E-state index contributed by atoms with van der Waals surface area (Å²) in [5.41, 5.74) is 0. The molecule has 0 unspecified atom stereocenters. The van der Waals surface area contributed by atoms with Crippen LogP contribution in [0.25, 0.3) is 0 Å². The molecule has 0 aromatic heterocycles. The van der Waals surface area contributed by atoms with Gasteiger partial charge in [0.25, 0.3) is 0 Å². The van der Waals surface area contributed by atoms with Gasteiger partial charge in [-0.15, -0.1) is 12.3 Å². The van der Waals surface area contributed by atoms with E-state index >= 15 is 0 Å². The van der Waals surface area contributed by atoms with Gasteiger partial charge < -0.3 is 10.0 Å². The summed E-state index contributed by atoms with van der Waals surface area (Å²) in [5.74, 6) is 2.60. The topological polar surface area (TPSA) is 40.5 Å². The molecule has 0 aromatic carbocycles. The zero-order valence-corrected chi connectivity index (χ0v) is 9.82. The van der Waals surface area contributed by atoms with Gasteiger partial charge in [0.15, 0.2) is 0 Å². The second-order valence-corrected chi connectivity index (χ2v) is 4.53. The maximum atomic E-state index is 10.5. The number of aliphatic carboxylic acids is 1. The third kappa shape index (κ3) is 5.18. The molecule has 1 N–H and O–H groups in total. The van der Waals surface area contributed by atoms with E-state index in [1.165, 1.54) is 0 Å². The summed E-state index contributed by atoms with van der Waals surface area (Å²) in [4.78, 5) is 12.9. The lowest BCUT2D eigenvalue weighted by molar-refractivity contribution is -0.137. The number of carbonyl (C=O) groups is 1. The van der Waals surface area contributed by atoms with E-state index < -0.39 is 5.97 Å². The van der Waals surface area contributed by atoms with E-state index in [2.05, 4.69) is 10.8 Å². The van der Waals surface area contributed by atoms with Crippen molar-refractivity contribution in [2.45, 2.75) is 38.5 Å². The molecule has 1 rings (SSSR count). The quantitative estimate of drug-likeness (QED) is 0.553. The number of terminal acetylenes is 1. The molecule has 0 spiro atoms. The molecule has 90 valence electrons. The van der Waals surface area contributed by atoms with Crippen LogP contribution in [-0.2, 0) is 4.79 Å². The molecule has 0 aliphatic carbocycles. The van der Waals surface area contributed by atoms with Crippen LogP contribution in [0.15, 0.2) is 0 Å². The predicted octanol–water partition coefficient (Wildman–Crippen LogP) is 1.98. The normalized spacial score (nSPS) is 18.2. The Hall–Kier alpha value is -1.01. The second kappa shape index (κ2) is 7.29. The Morgan fingerprint density at radius 2 is 2.12 bits per heavy atom. The number of carboxylic acids is 1. The summed E-state index contributed by atoms with van der Waals surface area (Å²) in [6.45, 7) is 3.31. The number of carboxylic acid groups (broad SMARTS) is 1. The summed E-state index contributed by atoms with van der Waals surface area (Å²) in [6, 6.07) is 0. The molecule has 16 heavy (non-hydrogen) atoms. The smallest absolute Gasteiger partial charge is 0.303 e. The first-order valence-electron chi connectivity index (χ1n) is 6.10. The monoisotopic (exact) mass is 223 g/mol. The fourth-order valence-electron chi connectivity index (χ4n) is 2.23. The van der Waals surface area contributed by atoms with Crippen LogP contribution in [0.2, 0.25) is 0 Å². The highest BCUT2D eigenvalue weighted by atomic mass is 16.4. The van der Waals surface area contributed by atoms with Crippen molar-refractivity contribution < 1.29 is 9.90 Å². The van der Waals surface area contributed by atoms with Gasteiger partial charge in [0, 0.05) is 12.8 Å². The average molecular weight is 223 g/mol. The summed E-state index contributed by atoms with van der Waals surface area (Å²) in [6.07, 6.45) is 10.6. The first kappa shape index (κ1) is 13.1. The first-order valence-corrected chi connectivity index (χ1v) is 6.10. The SMILES string of the molecule is C#CCCCN1CCC(CCC(=O)O)CC1. The van der Waals surface area contributed by atoms with Gasteiger partial charge in [0.2, 0.25) is 0 Å². The summed E-state index contributed by atoms with van der Waals surface area (Å²) >= 11 is 0. The average Bonchev–Trinajstić information content (AvgIpc) is 2.28. The maximum Gasteiger partial charge on any atom is 0.303 e. The summed E-state index contributed by atoms with van der Waals surface area (Å²) < 4.78 is 0. The van der Waals surface area contributed by atoms with Crippen molar-refractivity contribution in [1.29, 1.82) is 0 Å². The Kier molecular flexibility index (Phi) is 5.95. The number of piperidine rings is 1. The lowest BCUT2D eigenvalue weighted by atomic mass is 9.92. The Balaban J connectivity index is 2.09. The van der Waals surface area contributed by atoms with Gasteiger partial charge in [-0.1, -0.05) is 0 Å². The van der Waals surface area contributed by atoms with Crippen molar-refractivity contribution in [3.63, 3.8) is 0 Å². The molecule has 1 aliphatic rings. The maximum absolute atomic E-state index is 10.5. The molecule has 0 aromatic rings. The third-order valence-electron chi connectivity index (χ3n) is 3.27. The molecule has 3 nitrogen and oxygen atoms in total. The van der Waals surface area contributed by atoms with Crippen molar-refractivity contribution >= 4 is 5.97 Å².